The molecule has 0 radical (unpaired) electrons. The van der Waals surface area contributed by atoms with Crippen molar-refractivity contribution in [3.8, 4) is 5.75 Å². The standard InChI is InChI=1S/C21H20N2O7/c1-21(2)20(28)23(15-10-13(18(25)26)6-9-16(15)30-21)11-17(24)22-14-7-4-12(5-8-14)19(27)29-3/h4-10H,11H2,1-3H3,(H,22,24)(H,25,26). The van der Waals surface area contributed by atoms with Gasteiger partial charge in [-0.25, -0.2) is 9.59 Å². The van der Waals surface area contributed by atoms with Crippen molar-refractivity contribution < 1.29 is 33.8 Å². The van der Waals surface area contributed by atoms with Gasteiger partial charge in [0, 0.05) is 5.69 Å². The van der Waals surface area contributed by atoms with E-state index in [0.717, 1.165) is 0 Å². The van der Waals surface area contributed by atoms with Gasteiger partial charge in [0.25, 0.3) is 5.91 Å². The van der Waals surface area contributed by atoms with Crippen LogP contribution in [0.1, 0.15) is 34.6 Å². The van der Waals surface area contributed by atoms with Crippen molar-refractivity contribution in [1.82, 2.24) is 0 Å². The Morgan fingerprint density at radius 2 is 1.73 bits per heavy atom. The lowest BCUT2D eigenvalue weighted by Gasteiger charge is -2.38. The molecule has 0 atom stereocenters. The smallest absolute Gasteiger partial charge is 0.337 e. The first kappa shape index (κ1) is 20.8. The van der Waals surface area contributed by atoms with Crippen LogP contribution in [0.5, 0.6) is 5.75 Å². The highest BCUT2D eigenvalue weighted by Gasteiger charge is 2.41. The summed E-state index contributed by atoms with van der Waals surface area (Å²) in [5.74, 6) is -2.34. The van der Waals surface area contributed by atoms with E-state index in [2.05, 4.69) is 10.1 Å². The van der Waals surface area contributed by atoms with E-state index < -0.39 is 29.4 Å². The van der Waals surface area contributed by atoms with Gasteiger partial charge in [-0.2, -0.15) is 0 Å². The molecule has 2 amide bonds. The van der Waals surface area contributed by atoms with Crippen molar-refractivity contribution in [1.29, 1.82) is 0 Å². The van der Waals surface area contributed by atoms with E-state index in [1.165, 1.54) is 54.5 Å². The number of aromatic carboxylic acids is 1. The molecule has 0 fully saturated rings. The van der Waals surface area contributed by atoms with E-state index in [9.17, 15) is 24.3 Å². The van der Waals surface area contributed by atoms with Gasteiger partial charge in [-0.3, -0.25) is 14.5 Å². The molecule has 2 aromatic rings. The Morgan fingerprint density at radius 1 is 1.10 bits per heavy atom. The lowest BCUT2D eigenvalue weighted by molar-refractivity contribution is -0.133. The molecule has 0 bridgehead atoms. The molecule has 0 spiro atoms. The fourth-order valence-corrected chi connectivity index (χ4v) is 3.01. The van der Waals surface area contributed by atoms with Crippen LogP contribution in [0.15, 0.2) is 42.5 Å². The van der Waals surface area contributed by atoms with Crippen LogP contribution in [0.2, 0.25) is 0 Å². The van der Waals surface area contributed by atoms with Gasteiger partial charge >= 0.3 is 11.9 Å². The van der Waals surface area contributed by atoms with Crippen LogP contribution in [-0.4, -0.2) is 48.1 Å². The Morgan fingerprint density at radius 3 is 2.33 bits per heavy atom. The molecule has 30 heavy (non-hydrogen) atoms. The number of anilines is 2. The molecule has 1 aliphatic heterocycles. The van der Waals surface area contributed by atoms with E-state index in [4.69, 9.17) is 4.74 Å². The Balaban J connectivity index is 1.83. The number of ether oxygens (including phenoxy) is 2. The van der Waals surface area contributed by atoms with Crippen molar-refractivity contribution >= 4 is 35.1 Å². The summed E-state index contributed by atoms with van der Waals surface area (Å²) in [7, 11) is 1.27. The predicted molar refractivity (Wildman–Crippen MR) is 107 cm³/mol. The van der Waals surface area contributed by atoms with Gasteiger partial charge in [-0.1, -0.05) is 0 Å². The van der Waals surface area contributed by atoms with E-state index in [1.807, 2.05) is 0 Å². The van der Waals surface area contributed by atoms with Gasteiger partial charge in [0.1, 0.15) is 12.3 Å². The number of nitrogens with one attached hydrogen (secondary N) is 1. The van der Waals surface area contributed by atoms with E-state index >= 15 is 0 Å². The van der Waals surface area contributed by atoms with Crippen LogP contribution in [-0.2, 0) is 14.3 Å². The molecule has 0 saturated heterocycles. The zero-order valence-corrected chi connectivity index (χ0v) is 16.6. The highest BCUT2D eigenvalue weighted by atomic mass is 16.5. The van der Waals surface area contributed by atoms with Crippen molar-refractivity contribution in [2.45, 2.75) is 19.4 Å². The summed E-state index contributed by atoms with van der Waals surface area (Å²) in [5.41, 5.74) is -0.299. The van der Waals surface area contributed by atoms with Crippen molar-refractivity contribution in [3.05, 3.63) is 53.6 Å². The molecular weight excluding hydrogens is 392 g/mol. The molecule has 0 unspecified atom stereocenters. The first-order valence-electron chi connectivity index (χ1n) is 8.99. The normalized spacial score (nSPS) is 14.4. The molecular formula is C21H20N2O7. The Hall–Kier alpha value is -3.88. The summed E-state index contributed by atoms with van der Waals surface area (Å²) in [6.07, 6.45) is 0. The van der Waals surface area contributed by atoms with Gasteiger partial charge in [0.2, 0.25) is 5.91 Å². The number of carboxylic acid groups (broad SMARTS) is 1. The lowest BCUT2D eigenvalue weighted by Crippen LogP contribution is -2.54. The van der Waals surface area contributed by atoms with Gasteiger partial charge in [0.05, 0.1) is 23.9 Å². The maximum absolute atomic E-state index is 12.9. The molecule has 3 rings (SSSR count). The number of amides is 2. The van der Waals surface area contributed by atoms with Crippen LogP contribution in [0, 0.1) is 0 Å². The molecule has 1 aliphatic rings. The molecule has 0 aromatic heterocycles. The zero-order valence-electron chi connectivity index (χ0n) is 16.6. The second-order valence-electron chi connectivity index (χ2n) is 7.11. The quantitative estimate of drug-likeness (QED) is 0.723. The van der Waals surface area contributed by atoms with Gasteiger partial charge in [0.15, 0.2) is 5.60 Å². The number of hydrogen-bond acceptors (Lipinski definition) is 6. The van der Waals surface area contributed by atoms with Crippen LogP contribution in [0.3, 0.4) is 0 Å². The third kappa shape index (κ3) is 4.09. The Kier molecular flexibility index (Phi) is 5.46. The molecule has 9 nitrogen and oxygen atoms in total. The average molecular weight is 412 g/mol. The maximum Gasteiger partial charge on any atom is 0.337 e. The summed E-state index contributed by atoms with van der Waals surface area (Å²) >= 11 is 0. The maximum atomic E-state index is 12.9. The highest BCUT2D eigenvalue weighted by molar-refractivity contribution is 6.08. The number of carbonyl (C=O) groups is 4. The highest BCUT2D eigenvalue weighted by Crippen LogP contribution is 2.38. The molecule has 2 N–H and O–H groups in total. The molecule has 9 heteroatoms. The van der Waals surface area contributed by atoms with E-state index in [1.54, 1.807) is 13.8 Å². The number of rotatable bonds is 5. The van der Waals surface area contributed by atoms with Crippen LogP contribution in [0.4, 0.5) is 11.4 Å². The van der Waals surface area contributed by atoms with Crippen LogP contribution >= 0.6 is 0 Å². The fourth-order valence-electron chi connectivity index (χ4n) is 3.01. The van der Waals surface area contributed by atoms with Crippen LogP contribution in [0.25, 0.3) is 0 Å². The third-order valence-corrected chi connectivity index (χ3v) is 4.51. The molecule has 0 saturated carbocycles. The number of hydrogen-bond donors (Lipinski definition) is 2. The number of nitrogens with zero attached hydrogens (tertiary/aromatic N) is 1. The lowest BCUT2D eigenvalue weighted by atomic mass is 10.0. The Bertz CT molecular complexity index is 1030. The van der Waals surface area contributed by atoms with E-state index in [-0.39, 0.29) is 17.8 Å². The molecule has 2 aromatic carbocycles. The summed E-state index contributed by atoms with van der Waals surface area (Å²) in [6.45, 7) is 2.79. The van der Waals surface area contributed by atoms with Crippen molar-refractivity contribution in [2.24, 2.45) is 0 Å². The second kappa shape index (κ2) is 7.86. The minimum atomic E-state index is -1.22. The number of esters is 1. The first-order valence-corrected chi connectivity index (χ1v) is 8.99. The first-order chi connectivity index (χ1) is 14.1. The minimum absolute atomic E-state index is 0.0336. The molecule has 156 valence electrons. The number of carboxylic acids is 1. The zero-order chi connectivity index (χ0) is 22.1. The SMILES string of the molecule is COC(=O)c1ccc(NC(=O)CN2C(=O)C(C)(C)Oc3ccc(C(=O)O)cc32)cc1. The second-order valence-corrected chi connectivity index (χ2v) is 7.11. The molecule has 1 heterocycles. The predicted octanol–water partition coefficient (Wildman–Crippen LogP) is 2.31. The monoisotopic (exact) mass is 412 g/mol. The summed E-state index contributed by atoms with van der Waals surface area (Å²) in [4.78, 5) is 49.4. The van der Waals surface area contributed by atoms with Gasteiger partial charge in [-0.05, 0) is 56.3 Å². The van der Waals surface area contributed by atoms with Gasteiger partial charge in [-0.15, -0.1) is 0 Å². The average Bonchev–Trinajstić information content (AvgIpc) is 2.70. The van der Waals surface area contributed by atoms with Crippen LogP contribution < -0.4 is 15.0 Å². The summed E-state index contributed by atoms with van der Waals surface area (Å²) in [6, 6.07) is 10.2. The summed E-state index contributed by atoms with van der Waals surface area (Å²) < 4.78 is 10.3. The fraction of sp³-hybridized carbons (Fsp3) is 0.238. The number of methoxy groups -OCH3 is 1. The number of benzene rings is 2. The minimum Gasteiger partial charge on any atom is -0.478 e. The number of fused-ring (bicyclic) bond motifs is 1. The van der Waals surface area contributed by atoms with Crippen molar-refractivity contribution in [2.75, 3.05) is 23.9 Å². The molecule has 0 aliphatic carbocycles. The van der Waals surface area contributed by atoms with E-state index in [0.29, 0.717) is 17.0 Å². The Labute approximate surface area is 172 Å². The number of carbonyl (C=O) groups excluding carboxylic acids is 3. The topological polar surface area (TPSA) is 122 Å². The van der Waals surface area contributed by atoms with Gasteiger partial charge < -0.3 is 19.9 Å². The third-order valence-electron chi connectivity index (χ3n) is 4.51. The summed E-state index contributed by atoms with van der Waals surface area (Å²) in [5, 5.41) is 11.9. The van der Waals surface area contributed by atoms with Crippen molar-refractivity contribution in [3.63, 3.8) is 0 Å². The largest absolute Gasteiger partial charge is 0.478 e.